The molecule has 0 bridgehead atoms. The summed E-state index contributed by atoms with van der Waals surface area (Å²) in [5.74, 6) is 1.38. The molecule has 0 spiro atoms. The molecule has 0 radical (unpaired) electrons. The van der Waals surface area contributed by atoms with Gasteiger partial charge in [0.05, 0.1) is 25.3 Å². The Morgan fingerprint density at radius 2 is 1.72 bits per heavy atom. The minimum absolute atomic E-state index is 0.679. The van der Waals surface area contributed by atoms with E-state index in [1.54, 1.807) is 14.2 Å². The molecule has 2 N–H and O–H groups in total. The van der Waals surface area contributed by atoms with Crippen molar-refractivity contribution in [3.8, 4) is 11.5 Å². The van der Waals surface area contributed by atoms with Crippen molar-refractivity contribution in [2.24, 2.45) is 0 Å². The number of fused-ring (bicyclic) bond motifs is 3. The van der Waals surface area contributed by atoms with E-state index in [9.17, 15) is 0 Å². The number of hydrogen-bond acceptors (Lipinski definition) is 4. The molecule has 4 rings (SSSR count). The Balaban J connectivity index is 1.90. The SMILES string of the molecule is COc1cc2ncc3ccn(Cc4ccc(N)cc4)c3c2cc1OC. The van der Waals surface area contributed by atoms with E-state index >= 15 is 0 Å². The van der Waals surface area contributed by atoms with Gasteiger partial charge in [-0.15, -0.1) is 0 Å². The Hall–Kier alpha value is -3.21. The number of hydrogen-bond donors (Lipinski definition) is 1. The van der Waals surface area contributed by atoms with Crippen LogP contribution in [0.4, 0.5) is 5.69 Å². The van der Waals surface area contributed by atoms with Gasteiger partial charge < -0.3 is 19.8 Å². The van der Waals surface area contributed by atoms with Gasteiger partial charge in [0.2, 0.25) is 0 Å². The van der Waals surface area contributed by atoms with Crippen LogP contribution in [0.3, 0.4) is 0 Å². The van der Waals surface area contributed by atoms with Crippen LogP contribution in [0.15, 0.2) is 54.9 Å². The monoisotopic (exact) mass is 333 g/mol. The van der Waals surface area contributed by atoms with Gasteiger partial charge in [0.1, 0.15) is 0 Å². The second kappa shape index (κ2) is 6.02. The highest BCUT2D eigenvalue weighted by atomic mass is 16.5. The van der Waals surface area contributed by atoms with Gasteiger partial charge in [-0.2, -0.15) is 0 Å². The van der Waals surface area contributed by atoms with Crippen molar-refractivity contribution in [1.82, 2.24) is 9.55 Å². The fourth-order valence-electron chi connectivity index (χ4n) is 3.16. The molecule has 0 aliphatic rings. The summed E-state index contributed by atoms with van der Waals surface area (Å²) in [7, 11) is 3.27. The van der Waals surface area contributed by atoms with E-state index in [2.05, 4.69) is 21.8 Å². The maximum absolute atomic E-state index is 5.78. The molecule has 0 saturated carbocycles. The Morgan fingerprint density at radius 3 is 2.44 bits per heavy atom. The molecular formula is C20H19N3O2. The minimum Gasteiger partial charge on any atom is -0.493 e. The van der Waals surface area contributed by atoms with Crippen LogP contribution in [-0.4, -0.2) is 23.8 Å². The van der Waals surface area contributed by atoms with E-state index in [0.717, 1.165) is 34.0 Å². The predicted molar refractivity (Wildman–Crippen MR) is 100 cm³/mol. The first-order chi connectivity index (χ1) is 12.2. The summed E-state index contributed by atoms with van der Waals surface area (Å²) in [4.78, 5) is 4.56. The van der Waals surface area contributed by atoms with Crippen LogP contribution in [0.25, 0.3) is 21.8 Å². The van der Waals surface area contributed by atoms with E-state index in [-0.39, 0.29) is 0 Å². The first-order valence-electron chi connectivity index (χ1n) is 8.03. The van der Waals surface area contributed by atoms with Gasteiger partial charge in [-0.1, -0.05) is 12.1 Å². The van der Waals surface area contributed by atoms with E-state index in [1.165, 1.54) is 5.56 Å². The standard InChI is InChI=1S/C20H19N3O2/c1-24-18-9-16-17(10-19(18)25-2)22-11-14-7-8-23(20(14)16)12-13-3-5-15(21)6-4-13/h3-11H,12,21H2,1-2H3. The molecule has 0 atom stereocenters. The summed E-state index contributed by atoms with van der Waals surface area (Å²) in [6, 6.07) is 13.9. The second-order valence-corrected chi connectivity index (χ2v) is 5.97. The van der Waals surface area contributed by atoms with Crippen LogP contribution < -0.4 is 15.2 Å². The smallest absolute Gasteiger partial charge is 0.162 e. The van der Waals surface area contributed by atoms with Crippen molar-refractivity contribution in [3.05, 3.63) is 60.4 Å². The number of rotatable bonds is 4. The highest BCUT2D eigenvalue weighted by Crippen LogP contribution is 2.35. The third-order valence-corrected chi connectivity index (χ3v) is 4.43. The van der Waals surface area contributed by atoms with Gasteiger partial charge in [0.25, 0.3) is 0 Å². The average molecular weight is 333 g/mol. The topological polar surface area (TPSA) is 62.3 Å². The van der Waals surface area contributed by atoms with Gasteiger partial charge in [0.15, 0.2) is 11.5 Å². The van der Waals surface area contributed by atoms with Gasteiger partial charge >= 0.3 is 0 Å². The lowest BCUT2D eigenvalue weighted by Gasteiger charge is -2.12. The molecule has 126 valence electrons. The maximum atomic E-state index is 5.78. The number of methoxy groups -OCH3 is 2. The van der Waals surface area contributed by atoms with Crippen molar-refractivity contribution in [2.75, 3.05) is 20.0 Å². The molecule has 0 saturated heterocycles. The molecule has 0 amide bonds. The van der Waals surface area contributed by atoms with Crippen molar-refractivity contribution in [1.29, 1.82) is 0 Å². The first-order valence-corrected chi connectivity index (χ1v) is 8.03. The lowest BCUT2D eigenvalue weighted by molar-refractivity contribution is 0.356. The van der Waals surface area contributed by atoms with Crippen molar-refractivity contribution in [3.63, 3.8) is 0 Å². The zero-order chi connectivity index (χ0) is 17.4. The average Bonchev–Trinajstić information content (AvgIpc) is 3.05. The highest BCUT2D eigenvalue weighted by Gasteiger charge is 2.12. The summed E-state index contributed by atoms with van der Waals surface area (Å²) >= 11 is 0. The van der Waals surface area contributed by atoms with E-state index in [0.29, 0.717) is 11.5 Å². The molecule has 0 aliphatic carbocycles. The van der Waals surface area contributed by atoms with Gasteiger partial charge in [-0.25, -0.2) is 0 Å². The number of pyridine rings is 1. The molecule has 2 heterocycles. The van der Waals surface area contributed by atoms with Crippen LogP contribution in [0, 0.1) is 0 Å². The summed E-state index contributed by atoms with van der Waals surface area (Å²) in [6.07, 6.45) is 3.97. The largest absolute Gasteiger partial charge is 0.493 e. The number of nitrogen functional groups attached to an aromatic ring is 1. The molecule has 5 nitrogen and oxygen atoms in total. The molecular weight excluding hydrogens is 314 g/mol. The Morgan fingerprint density at radius 1 is 1.00 bits per heavy atom. The number of ether oxygens (including phenoxy) is 2. The van der Waals surface area contributed by atoms with Crippen LogP contribution in [-0.2, 0) is 6.54 Å². The van der Waals surface area contributed by atoms with Crippen LogP contribution >= 0.6 is 0 Å². The van der Waals surface area contributed by atoms with Gasteiger partial charge in [-0.05, 0) is 29.8 Å². The van der Waals surface area contributed by atoms with E-state index in [1.807, 2.05) is 42.6 Å². The number of nitrogens with zero attached hydrogens (tertiary/aromatic N) is 2. The lowest BCUT2D eigenvalue weighted by Crippen LogP contribution is -1.99. The number of nitrogens with two attached hydrogens (primary N) is 1. The number of benzene rings is 2. The van der Waals surface area contributed by atoms with Gasteiger partial charge in [0, 0.05) is 41.5 Å². The molecule has 0 fully saturated rings. The molecule has 2 aromatic carbocycles. The summed E-state index contributed by atoms with van der Waals surface area (Å²) < 4.78 is 13.1. The van der Waals surface area contributed by atoms with Crippen molar-refractivity contribution in [2.45, 2.75) is 6.54 Å². The zero-order valence-corrected chi connectivity index (χ0v) is 14.2. The number of aromatic nitrogens is 2. The van der Waals surface area contributed by atoms with Crippen LogP contribution in [0.1, 0.15) is 5.56 Å². The lowest BCUT2D eigenvalue weighted by atomic mass is 10.1. The Labute approximate surface area is 145 Å². The van der Waals surface area contributed by atoms with E-state index in [4.69, 9.17) is 15.2 Å². The van der Waals surface area contributed by atoms with Crippen molar-refractivity contribution < 1.29 is 9.47 Å². The van der Waals surface area contributed by atoms with E-state index < -0.39 is 0 Å². The number of anilines is 1. The maximum Gasteiger partial charge on any atom is 0.162 e. The van der Waals surface area contributed by atoms with Crippen LogP contribution in [0.5, 0.6) is 11.5 Å². The van der Waals surface area contributed by atoms with Gasteiger partial charge in [-0.3, -0.25) is 4.98 Å². The third-order valence-electron chi connectivity index (χ3n) is 4.43. The van der Waals surface area contributed by atoms with Crippen LogP contribution in [0.2, 0.25) is 0 Å². The summed E-state index contributed by atoms with van der Waals surface area (Å²) in [5.41, 5.74) is 9.75. The zero-order valence-electron chi connectivity index (χ0n) is 14.2. The first kappa shape index (κ1) is 15.3. The molecule has 0 unspecified atom stereocenters. The fraction of sp³-hybridized carbons (Fsp3) is 0.150. The summed E-state index contributed by atoms with van der Waals surface area (Å²) in [6.45, 7) is 0.761. The Kier molecular flexibility index (Phi) is 3.69. The highest BCUT2D eigenvalue weighted by molar-refractivity contribution is 6.04. The summed E-state index contributed by atoms with van der Waals surface area (Å²) in [5, 5.41) is 2.13. The predicted octanol–water partition coefficient (Wildman–Crippen LogP) is 3.84. The third kappa shape index (κ3) is 2.63. The van der Waals surface area contributed by atoms with Crippen molar-refractivity contribution >= 4 is 27.5 Å². The quantitative estimate of drug-likeness (QED) is 0.576. The Bertz CT molecular complexity index is 1050. The molecule has 0 aliphatic heterocycles. The second-order valence-electron chi connectivity index (χ2n) is 5.97. The molecule has 4 aromatic rings. The fourth-order valence-corrected chi connectivity index (χ4v) is 3.16. The molecule has 5 heteroatoms. The normalized spacial score (nSPS) is 11.1. The molecule has 2 aromatic heterocycles. The molecule has 25 heavy (non-hydrogen) atoms. The minimum atomic E-state index is 0.679.